The number of fused-ring (bicyclic) bond motifs is 3. The average Bonchev–Trinajstić information content (AvgIpc) is 3.22. The van der Waals surface area contributed by atoms with Gasteiger partial charge >= 0.3 is 0 Å². The van der Waals surface area contributed by atoms with Crippen LogP contribution in [0.4, 0.5) is 0 Å². The highest BCUT2D eigenvalue weighted by Gasteiger charge is 2.21. The third-order valence-electron chi connectivity index (χ3n) is 5.53. The zero-order valence-corrected chi connectivity index (χ0v) is 17.1. The summed E-state index contributed by atoms with van der Waals surface area (Å²) in [4.78, 5) is 22.6. The molecule has 1 aromatic carbocycles. The lowest BCUT2D eigenvalue weighted by molar-refractivity contribution is 0.406. The summed E-state index contributed by atoms with van der Waals surface area (Å²) in [7, 11) is 0. The maximum atomic E-state index is 12.6. The predicted molar refractivity (Wildman–Crippen MR) is 113 cm³/mol. The number of thiophene rings is 1. The van der Waals surface area contributed by atoms with Crippen LogP contribution in [0, 0.1) is 5.92 Å². The van der Waals surface area contributed by atoms with Crippen LogP contribution in [0.3, 0.4) is 0 Å². The van der Waals surface area contributed by atoms with Gasteiger partial charge in [0, 0.05) is 10.9 Å². The van der Waals surface area contributed by atoms with E-state index >= 15 is 0 Å². The van der Waals surface area contributed by atoms with Gasteiger partial charge in [-0.3, -0.25) is 4.79 Å². The first-order chi connectivity index (χ1) is 13.1. The van der Waals surface area contributed by atoms with Crippen molar-refractivity contribution in [3.05, 3.63) is 62.0 Å². The Labute approximate surface area is 164 Å². The minimum Gasteiger partial charge on any atom is -0.309 e. The molecule has 2 N–H and O–H groups in total. The molecule has 3 aromatic rings. The molecule has 0 radical (unpaired) electrons. The van der Waals surface area contributed by atoms with E-state index in [9.17, 15) is 4.79 Å². The fraction of sp³-hybridized carbons (Fsp3) is 0.455. The first-order valence-corrected chi connectivity index (χ1v) is 10.7. The number of H-pyrrole nitrogens is 1. The van der Waals surface area contributed by atoms with Crippen LogP contribution >= 0.6 is 11.3 Å². The van der Waals surface area contributed by atoms with Crippen molar-refractivity contribution in [1.29, 1.82) is 0 Å². The summed E-state index contributed by atoms with van der Waals surface area (Å²) in [5, 5.41) is 4.43. The van der Waals surface area contributed by atoms with E-state index in [1.54, 1.807) is 11.3 Å². The van der Waals surface area contributed by atoms with Crippen molar-refractivity contribution in [2.75, 3.05) is 0 Å². The Morgan fingerprint density at radius 2 is 2.00 bits per heavy atom. The average molecular weight is 382 g/mol. The van der Waals surface area contributed by atoms with E-state index in [1.165, 1.54) is 21.6 Å². The predicted octanol–water partition coefficient (Wildman–Crippen LogP) is 4.52. The molecular formula is C22H27N3OS. The highest BCUT2D eigenvalue weighted by atomic mass is 32.1. The van der Waals surface area contributed by atoms with Gasteiger partial charge in [-0.05, 0) is 48.3 Å². The van der Waals surface area contributed by atoms with Crippen LogP contribution in [0.25, 0.3) is 10.2 Å². The molecule has 0 spiro atoms. The molecule has 142 valence electrons. The first-order valence-electron chi connectivity index (χ1n) is 9.92. The molecule has 0 bridgehead atoms. The Kier molecular flexibility index (Phi) is 5.15. The molecule has 0 aliphatic heterocycles. The summed E-state index contributed by atoms with van der Waals surface area (Å²) in [5.41, 5.74) is 3.88. The highest BCUT2D eigenvalue weighted by Crippen LogP contribution is 2.34. The SMILES string of the molecule is CCc1ccc([C@H](NCc2nc3sc4c(c3c(=O)[nH]2)CCC4)C(C)C)cc1. The van der Waals surface area contributed by atoms with E-state index in [0.29, 0.717) is 12.5 Å². The molecule has 5 heteroatoms. The zero-order chi connectivity index (χ0) is 19.0. The highest BCUT2D eigenvalue weighted by molar-refractivity contribution is 7.18. The smallest absolute Gasteiger partial charge is 0.259 e. The van der Waals surface area contributed by atoms with E-state index in [-0.39, 0.29) is 11.6 Å². The third kappa shape index (κ3) is 3.58. The summed E-state index contributed by atoms with van der Waals surface area (Å²) in [6.07, 6.45) is 4.32. The summed E-state index contributed by atoms with van der Waals surface area (Å²) in [6.45, 7) is 7.17. The van der Waals surface area contributed by atoms with Gasteiger partial charge in [-0.2, -0.15) is 0 Å². The van der Waals surface area contributed by atoms with Gasteiger partial charge in [0.1, 0.15) is 10.7 Å². The van der Waals surface area contributed by atoms with Gasteiger partial charge < -0.3 is 10.3 Å². The maximum Gasteiger partial charge on any atom is 0.259 e. The van der Waals surface area contributed by atoms with Crippen LogP contribution in [0.1, 0.15) is 60.6 Å². The van der Waals surface area contributed by atoms with Crippen molar-refractivity contribution in [2.24, 2.45) is 5.92 Å². The Hall–Kier alpha value is -1.98. The monoisotopic (exact) mass is 381 g/mol. The fourth-order valence-electron chi connectivity index (χ4n) is 4.04. The quantitative estimate of drug-likeness (QED) is 0.660. The van der Waals surface area contributed by atoms with Crippen molar-refractivity contribution in [2.45, 2.75) is 59.0 Å². The van der Waals surface area contributed by atoms with E-state index in [0.717, 1.165) is 41.7 Å². The number of nitrogens with zero attached hydrogens (tertiary/aromatic N) is 1. The zero-order valence-electron chi connectivity index (χ0n) is 16.3. The van der Waals surface area contributed by atoms with Crippen LogP contribution in [0.2, 0.25) is 0 Å². The lowest BCUT2D eigenvalue weighted by Crippen LogP contribution is -2.27. The normalized spacial score (nSPS) is 14.8. The molecule has 1 aliphatic carbocycles. The minimum absolute atomic E-state index is 0.0181. The van der Waals surface area contributed by atoms with Crippen molar-refractivity contribution in [3.63, 3.8) is 0 Å². The Bertz CT molecular complexity index is 1000. The summed E-state index contributed by atoms with van der Waals surface area (Å²) >= 11 is 1.70. The number of hydrogen-bond donors (Lipinski definition) is 2. The van der Waals surface area contributed by atoms with Crippen LogP contribution in [-0.4, -0.2) is 9.97 Å². The largest absolute Gasteiger partial charge is 0.309 e. The Morgan fingerprint density at radius 3 is 2.70 bits per heavy atom. The van der Waals surface area contributed by atoms with Gasteiger partial charge in [0.2, 0.25) is 0 Å². The second kappa shape index (κ2) is 7.56. The molecule has 0 saturated heterocycles. The summed E-state index contributed by atoms with van der Waals surface area (Å²) in [6, 6.07) is 9.04. The van der Waals surface area contributed by atoms with Gasteiger partial charge in [0.05, 0.1) is 11.9 Å². The van der Waals surface area contributed by atoms with E-state index in [4.69, 9.17) is 4.98 Å². The molecule has 0 amide bonds. The molecule has 27 heavy (non-hydrogen) atoms. The van der Waals surface area contributed by atoms with Crippen molar-refractivity contribution >= 4 is 21.6 Å². The van der Waals surface area contributed by atoms with Crippen molar-refractivity contribution < 1.29 is 0 Å². The van der Waals surface area contributed by atoms with E-state index < -0.39 is 0 Å². The third-order valence-corrected chi connectivity index (χ3v) is 6.71. The molecule has 0 unspecified atom stereocenters. The van der Waals surface area contributed by atoms with Crippen LogP contribution in [-0.2, 0) is 25.8 Å². The van der Waals surface area contributed by atoms with Gasteiger partial charge in [0.25, 0.3) is 5.56 Å². The number of hydrogen-bond acceptors (Lipinski definition) is 4. The molecule has 4 rings (SSSR count). The number of benzene rings is 1. The van der Waals surface area contributed by atoms with Gasteiger partial charge in [0.15, 0.2) is 0 Å². The number of rotatable bonds is 6. The molecule has 4 nitrogen and oxygen atoms in total. The van der Waals surface area contributed by atoms with Gasteiger partial charge in [-0.1, -0.05) is 45.0 Å². The molecule has 1 aliphatic rings. The van der Waals surface area contributed by atoms with E-state index in [2.05, 4.69) is 55.3 Å². The number of aromatic nitrogens is 2. The Balaban J connectivity index is 1.56. The van der Waals surface area contributed by atoms with Crippen LogP contribution < -0.4 is 10.9 Å². The second-order valence-corrected chi connectivity index (χ2v) is 8.83. The topological polar surface area (TPSA) is 57.8 Å². The molecular weight excluding hydrogens is 354 g/mol. The molecule has 2 heterocycles. The van der Waals surface area contributed by atoms with Crippen LogP contribution in [0.5, 0.6) is 0 Å². The Morgan fingerprint density at radius 1 is 1.22 bits per heavy atom. The lowest BCUT2D eigenvalue weighted by atomic mass is 9.95. The fourth-order valence-corrected chi connectivity index (χ4v) is 5.32. The standard InChI is InChI=1S/C22H27N3OS/c1-4-14-8-10-15(11-9-14)20(13(2)3)23-12-18-24-21(26)19-16-6-5-7-17(16)27-22(19)25-18/h8-11,13,20,23H,4-7,12H2,1-3H3,(H,24,25,26)/t20-/m1/s1. The number of aromatic amines is 1. The minimum atomic E-state index is 0.0181. The molecule has 1 atom stereocenters. The molecule has 0 saturated carbocycles. The summed E-state index contributed by atoms with van der Waals surface area (Å²) < 4.78 is 0. The first kappa shape index (κ1) is 18.4. The number of nitrogens with one attached hydrogen (secondary N) is 2. The maximum absolute atomic E-state index is 12.6. The lowest BCUT2D eigenvalue weighted by Gasteiger charge is -2.23. The molecule has 2 aromatic heterocycles. The second-order valence-electron chi connectivity index (χ2n) is 7.75. The van der Waals surface area contributed by atoms with Crippen molar-refractivity contribution in [1.82, 2.24) is 15.3 Å². The molecule has 0 fully saturated rings. The van der Waals surface area contributed by atoms with Crippen LogP contribution in [0.15, 0.2) is 29.1 Å². The summed E-state index contributed by atoms with van der Waals surface area (Å²) in [5.74, 6) is 1.17. The van der Waals surface area contributed by atoms with Gasteiger partial charge in [-0.25, -0.2) is 4.98 Å². The van der Waals surface area contributed by atoms with E-state index in [1.807, 2.05) is 0 Å². The number of aryl methyl sites for hydroxylation is 3. The van der Waals surface area contributed by atoms with Crippen molar-refractivity contribution in [3.8, 4) is 0 Å². The van der Waals surface area contributed by atoms with Gasteiger partial charge in [-0.15, -0.1) is 11.3 Å².